The van der Waals surface area contributed by atoms with Crippen LogP contribution in [0.4, 0.5) is 5.95 Å². The van der Waals surface area contributed by atoms with Crippen LogP contribution in [0, 0.1) is 6.92 Å². The first kappa shape index (κ1) is 18.6. The number of carbonyl (C=O) groups excluding carboxylic acids is 1. The number of benzene rings is 1. The number of carbonyl (C=O) groups is 1. The molecule has 1 aromatic carbocycles. The minimum Gasteiger partial charge on any atom is -0.462 e. The lowest BCUT2D eigenvalue weighted by atomic mass is 10.2. The van der Waals surface area contributed by atoms with Gasteiger partial charge in [0.05, 0.1) is 12.3 Å². The zero-order valence-corrected chi connectivity index (χ0v) is 15.9. The summed E-state index contributed by atoms with van der Waals surface area (Å²) in [5, 5.41) is 0.151. The third-order valence-corrected chi connectivity index (χ3v) is 4.69. The van der Waals surface area contributed by atoms with E-state index >= 15 is 0 Å². The Bertz CT molecular complexity index is 738. The van der Waals surface area contributed by atoms with Gasteiger partial charge in [0.1, 0.15) is 10.7 Å². The maximum absolute atomic E-state index is 12.0. The zero-order valence-electron chi connectivity index (χ0n) is 15.1. The van der Waals surface area contributed by atoms with Gasteiger partial charge in [0, 0.05) is 32.7 Å². The van der Waals surface area contributed by atoms with E-state index < -0.39 is 5.97 Å². The smallest absolute Gasteiger partial charge is 0.343 e. The van der Waals surface area contributed by atoms with Gasteiger partial charge in [0.15, 0.2) is 0 Å². The second-order valence-electron chi connectivity index (χ2n) is 6.24. The summed E-state index contributed by atoms with van der Waals surface area (Å²) < 4.78 is 5.02. The molecule has 26 heavy (non-hydrogen) atoms. The summed E-state index contributed by atoms with van der Waals surface area (Å²) in [6.07, 6.45) is 0. The molecule has 0 saturated carbocycles. The molecule has 138 valence electrons. The Morgan fingerprint density at radius 3 is 2.46 bits per heavy atom. The molecule has 6 nitrogen and oxygen atoms in total. The summed E-state index contributed by atoms with van der Waals surface area (Å²) >= 11 is 6.23. The van der Waals surface area contributed by atoms with Crippen molar-refractivity contribution in [3.05, 3.63) is 52.3 Å². The van der Waals surface area contributed by atoms with Crippen molar-refractivity contribution in [1.82, 2.24) is 14.9 Å². The first-order valence-electron chi connectivity index (χ1n) is 8.81. The fraction of sp³-hybridized carbons (Fsp3) is 0.421. The van der Waals surface area contributed by atoms with E-state index in [0.29, 0.717) is 18.2 Å². The molecule has 0 radical (unpaired) electrons. The molecule has 0 aliphatic carbocycles. The highest BCUT2D eigenvalue weighted by Gasteiger charge is 2.23. The lowest BCUT2D eigenvalue weighted by Crippen LogP contribution is -2.46. The van der Waals surface area contributed by atoms with Crippen molar-refractivity contribution in [2.24, 2.45) is 0 Å². The van der Waals surface area contributed by atoms with Crippen LogP contribution in [0.3, 0.4) is 0 Å². The van der Waals surface area contributed by atoms with Gasteiger partial charge >= 0.3 is 5.97 Å². The molecule has 2 aromatic rings. The quantitative estimate of drug-likeness (QED) is 0.592. The summed E-state index contributed by atoms with van der Waals surface area (Å²) in [5.41, 5.74) is 2.11. The van der Waals surface area contributed by atoms with E-state index in [1.165, 1.54) is 5.56 Å². The van der Waals surface area contributed by atoms with Gasteiger partial charge in [-0.1, -0.05) is 41.9 Å². The average Bonchev–Trinajstić information content (AvgIpc) is 2.63. The van der Waals surface area contributed by atoms with Crippen LogP contribution < -0.4 is 4.90 Å². The summed E-state index contributed by atoms with van der Waals surface area (Å²) in [6.45, 7) is 8.24. The maximum Gasteiger partial charge on any atom is 0.343 e. The Morgan fingerprint density at radius 2 is 1.85 bits per heavy atom. The molecular weight excluding hydrogens is 352 g/mol. The lowest BCUT2D eigenvalue weighted by Gasteiger charge is -2.35. The number of aryl methyl sites for hydroxylation is 1. The van der Waals surface area contributed by atoms with Crippen LogP contribution in [0.5, 0.6) is 0 Å². The minimum absolute atomic E-state index is 0.151. The van der Waals surface area contributed by atoms with E-state index in [0.717, 1.165) is 32.7 Å². The van der Waals surface area contributed by atoms with Gasteiger partial charge in [-0.15, -0.1) is 0 Å². The number of hydrogen-bond acceptors (Lipinski definition) is 6. The summed E-state index contributed by atoms with van der Waals surface area (Å²) in [5.74, 6) is 0.0918. The Balaban J connectivity index is 1.65. The van der Waals surface area contributed by atoms with E-state index in [2.05, 4.69) is 44.0 Å². The van der Waals surface area contributed by atoms with E-state index in [4.69, 9.17) is 16.3 Å². The molecule has 1 fully saturated rings. The molecule has 2 heterocycles. The van der Waals surface area contributed by atoms with Gasteiger partial charge in [-0.05, 0) is 19.4 Å². The van der Waals surface area contributed by atoms with Crippen molar-refractivity contribution in [2.45, 2.75) is 20.4 Å². The second kappa shape index (κ2) is 8.47. The molecule has 7 heteroatoms. The van der Waals surface area contributed by atoms with Crippen molar-refractivity contribution >= 4 is 23.5 Å². The number of nitrogens with zero attached hydrogens (tertiary/aromatic N) is 4. The van der Waals surface area contributed by atoms with Crippen LogP contribution >= 0.6 is 11.6 Å². The van der Waals surface area contributed by atoms with Crippen molar-refractivity contribution in [1.29, 1.82) is 0 Å². The van der Waals surface area contributed by atoms with Crippen molar-refractivity contribution in [3.8, 4) is 0 Å². The number of aromatic nitrogens is 2. The van der Waals surface area contributed by atoms with Crippen LogP contribution in [-0.4, -0.2) is 53.6 Å². The standard InChI is InChI=1S/C19H23ClN4O2/c1-3-26-18(25)16-14(2)21-19(22-17(16)20)24-11-9-23(10-12-24)13-15-7-5-4-6-8-15/h4-8H,3,9-13H2,1-2H3. The summed E-state index contributed by atoms with van der Waals surface area (Å²) in [7, 11) is 0. The van der Waals surface area contributed by atoms with Crippen LogP contribution in [0.2, 0.25) is 5.15 Å². The van der Waals surface area contributed by atoms with Gasteiger partial charge in [-0.3, -0.25) is 4.90 Å². The highest BCUT2D eigenvalue weighted by molar-refractivity contribution is 6.32. The van der Waals surface area contributed by atoms with Crippen LogP contribution in [-0.2, 0) is 11.3 Å². The first-order valence-corrected chi connectivity index (χ1v) is 9.18. The highest BCUT2D eigenvalue weighted by atomic mass is 35.5. The van der Waals surface area contributed by atoms with E-state index in [-0.39, 0.29) is 10.7 Å². The largest absolute Gasteiger partial charge is 0.462 e. The Hall–Kier alpha value is -2.18. The summed E-state index contributed by atoms with van der Waals surface area (Å²) in [4.78, 5) is 25.3. The predicted octanol–water partition coefficient (Wildman–Crippen LogP) is 2.94. The average molecular weight is 375 g/mol. The number of ether oxygens (including phenoxy) is 1. The van der Waals surface area contributed by atoms with Gasteiger partial charge in [-0.2, -0.15) is 0 Å². The molecule has 0 unspecified atom stereocenters. The second-order valence-corrected chi connectivity index (χ2v) is 6.60. The van der Waals surface area contributed by atoms with E-state index in [9.17, 15) is 4.79 Å². The zero-order chi connectivity index (χ0) is 18.5. The fourth-order valence-corrected chi connectivity index (χ4v) is 3.34. The molecule has 1 aliphatic rings. The number of piperazine rings is 1. The minimum atomic E-state index is -0.478. The van der Waals surface area contributed by atoms with Gasteiger partial charge in [0.2, 0.25) is 5.95 Å². The van der Waals surface area contributed by atoms with Crippen LogP contribution in [0.25, 0.3) is 0 Å². The normalized spacial score (nSPS) is 15.1. The first-order chi connectivity index (χ1) is 12.6. The molecular formula is C19H23ClN4O2. The van der Waals surface area contributed by atoms with Crippen LogP contribution in [0.1, 0.15) is 28.5 Å². The number of hydrogen-bond donors (Lipinski definition) is 0. The lowest BCUT2D eigenvalue weighted by molar-refractivity contribution is 0.0524. The molecule has 1 saturated heterocycles. The third kappa shape index (κ3) is 4.31. The van der Waals surface area contributed by atoms with E-state index in [1.54, 1.807) is 13.8 Å². The molecule has 0 bridgehead atoms. The van der Waals surface area contributed by atoms with Gasteiger partial charge in [0.25, 0.3) is 0 Å². The van der Waals surface area contributed by atoms with Gasteiger partial charge in [-0.25, -0.2) is 14.8 Å². The Labute approximate surface area is 158 Å². The molecule has 0 N–H and O–H groups in total. The van der Waals surface area contributed by atoms with Gasteiger partial charge < -0.3 is 9.64 Å². The maximum atomic E-state index is 12.0. The third-order valence-electron chi connectivity index (χ3n) is 4.42. The number of rotatable bonds is 5. The topological polar surface area (TPSA) is 58.6 Å². The van der Waals surface area contributed by atoms with Crippen LogP contribution in [0.15, 0.2) is 30.3 Å². The molecule has 1 aliphatic heterocycles. The molecule has 3 rings (SSSR count). The Kier molecular flexibility index (Phi) is 6.06. The predicted molar refractivity (Wildman–Crippen MR) is 102 cm³/mol. The highest BCUT2D eigenvalue weighted by Crippen LogP contribution is 2.22. The van der Waals surface area contributed by atoms with Crippen molar-refractivity contribution in [3.63, 3.8) is 0 Å². The van der Waals surface area contributed by atoms with Crippen molar-refractivity contribution in [2.75, 3.05) is 37.7 Å². The molecule has 0 spiro atoms. The molecule has 0 atom stereocenters. The SMILES string of the molecule is CCOC(=O)c1c(C)nc(N2CCN(Cc3ccccc3)CC2)nc1Cl. The summed E-state index contributed by atoms with van der Waals surface area (Å²) in [6, 6.07) is 10.5. The molecule has 1 aromatic heterocycles. The number of halogens is 1. The van der Waals surface area contributed by atoms with E-state index in [1.807, 2.05) is 6.07 Å². The number of anilines is 1. The monoisotopic (exact) mass is 374 g/mol. The fourth-order valence-electron chi connectivity index (χ4n) is 3.05. The molecule has 0 amide bonds. The van der Waals surface area contributed by atoms with Crippen molar-refractivity contribution < 1.29 is 9.53 Å². The number of esters is 1. The Morgan fingerprint density at radius 1 is 1.15 bits per heavy atom.